The highest BCUT2D eigenvalue weighted by Gasteiger charge is 2.25. The van der Waals surface area contributed by atoms with Gasteiger partial charge in [0.05, 0.1) is 12.2 Å². The molecule has 3 unspecified atom stereocenters. The molecular formula is C21H26ClFO. The largest absolute Gasteiger partial charge is 0.371 e. The third kappa shape index (κ3) is 4.81. The van der Waals surface area contributed by atoms with Crippen molar-refractivity contribution >= 4 is 11.6 Å². The molecule has 1 aliphatic rings. The fraction of sp³-hybridized carbons (Fsp3) is 0.429. The Labute approximate surface area is 149 Å². The van der Waals surface area contributed by atoms with Crippen LogP contribution in [0.4, 0.5) is 4.39 Å². The number of hydrogen-bond acceptors (Lipinski definition) is 1. The van der Waals surface area contributed by atoms with Crippen LogP contribution in [0.5, 0.6) is 0 Å². The van der Waals surface area contributed by atoms with E-state index in [1.165, 1.54) is 0 Å². The van der Waals surface area contributed by atoms with Gasteiger partial charge in [0.2, 0.25) is 0 Å². The molecule has 0 saturated carbocycles. The van der Waals surface area contributed by atoms with Gasteiger partial charge in [-0.1, -0.05) is 49.7 Å². The Morgan fingerprint density at radius 1 is 1.38 bits per heavy atom. The highest BCUT2D eigenvalue weighted by molar-refractivity contribution is 6.31. The molecule has 1 aliphatic heterocycles. The van der Waals surface area contributed by atoms with Gasteiger partial charge in [-0.3, -0.25) is 0 Å². The average Bonchev–Trinajstić information content (AvgIpc) is 2.55. The third-order valence-electron chi connectivity index (χ3n) is 4.54. The summed E-state index contributed by atoms with van der Waals surface area (Å²) < 4.78 is 20.5. The standard InChI is InChI=1S/C21H26ClFO/c1-5-16(19-8-6-7-9-20(19)22)12-18(23)13-17-10-11-21(14(2)3)24-15(17)4/h5-9,12-16,21H,1,10-11H2,2-4H3/b17-13-,18-12+. The molecule has 130 valence electrons. The van der Waals surface area contributed by atoms with Gasteiger partial charge in [0, 0.05) is 10.9 Å². The van der Waals surface area contributed by atoms with Gasteiger partial charge in [0.1, 0.15) is 5.83 Å². The minimum atomic E-state index is -0.270. The average molecular weight is 349 g/mol. The van der Waals surface area contributed by atoms with Gasteiger partial charge in [-0.05, 0) is 55.0 Å². The number of ether oxygens (including phenoxy) is 1. The van der Waals surface area contributed by atoms with Crippen molar-refractivity contribution in [2.45, 2.75) is 51.7 Å². The molecular weight excluding hydrogens is 323 g/mol. The highest BCUT2D eigenvalue weighted by atomic mass is 35.5. The first kappa shape index (κ1) is 19.0. The molecule has 3 heteroatoms. The zero-order valence-electron chi connectivity index (χ0n) is 14.6. The van der Waals surface area contributed by atoms with Gasteiger partial charge >= 0.3 is 0 Å². The Morgan fingerprint density at radius 3 is 2.67 bits per heavy atom. The van der Waals surface area contributed by atoms with Gasteiger partial charge in [0.25, 0.3) is 0 Å². The Morgan fingerprint density at radius 2 is 2.08 bits per heavy atom. The Kier molecular flexibility index (Phi) is 6.82. The topological polar surface area (TPSA) is 9.23 Å². The molecule has 0 N–H and O–H groups in total. The van der Waals surface area contributed by atoms with Crippen molar-refractivity contribution in [1.82, 2.24) is 0 Å². The van der Waals surface area contributed by atoms with Crippen LogP contribution in [-0.2, 0) is 4.74 Å². The number of halogens is 2. The van der Waals surface area contributed by atoms with Gasteiger partial charge in [-0.2, -0.15) is 0 Å². The van der Waals surface area contributed by atoms with E-state index in [9.17, 15) is 4.39 Å². The Hall–Kier alpha value is -1.38. The molecule has 1 aromatic carbocycles. The van der Waals surface area contributed by atoms with E-state index in [2.05, 4.69) is 20.4 Å². The Bertz CT molecular complexity index is 632. The van der Waals surface area contributed by atoms with Crippen molar-refractivity contribution in [1.29, 1.82) is 0 Å². The molecule has 1 heterocycles. The minimum Gasteiger partial charge on any atom is -0.371 e. The molecule has 0 bridgehead atoms. The fourth-order valence-corrected chi connectivity index (χ4v) is 3.30. The Balaban J connectivity index is 2.15. The maximum Gasteiger partial charge on any atom is 0.120 e. The zero-order chi connectivity index (χ0) is 17.7. The summed E-state index contributed by atoms with van der Waals surface area (Å²) >= 11 is 6.21. The lowest BCUT2D eigenvalue weighted by atomic mass is 9.92. The van der Waals surface area contributed by atoms with E-state index in [1.807, 2.05) is 25.1 Å². The third-order valence-corrected chi connectivity index (χ3v) is 4.89. The first-order valence-electron chi connectivity index (χ1n) is 8.52. The molecule has 0 aromatic heterocycles. The zero-order valence-corrected chi connectivity index (χ0v) is 15.4. The maximum absolute atomic E-state index is 14.5. The number of rotatable bonds is 5. The van der Waals surface area contributed by atoms with Crippen LogP contribution in [-0.4, -0.2) is 12.2 Å². The van der Waals surface area contributed by atoms with Crippen LogP contribution in [0, 0.1) is 5.92 Å². The molecule has 24 heavy (non-hydrogen) atoms. The quantitative estimate of drug-likeness (QED) is 0.544. The molecule has 2 rings (SSSR count). The number of benzene rings is 1. The van der Waals surface area contributed by atoms with Crippen molar-refractivity contribution in [3.8, 4) is 0 Å². The van der Waals surface area contributed by atoms with Crippen molar-refractivity contribution in [2.75, 3.05) is 0 Å². The van der Waals surface area contributed by atoms with E-state index in [-0.39, 0.29) is 24.0 Å². The molecule has 0 spiro atoms. The summed E-state index contributed by atoms with van der Waals surface area (Å²) in [5.74, 6) is -0.0354. The predicted molar refractivity (Wildman–Crippen MR) is 100 cm³/mol. The first-order valence-corrected chi connectivity index (χ1v) is 8.90. The summed E-state index contributed by atoms with van der Waals surface area (Å²) in [6.07, 6.45) is 6.89. The lowest BCUT2D eigenvalue weighted by Crippen LogP contribution is -2.31. The van der Waals surface area contributed by atoms with Crippen LogP contribution in [0.3, 0.4) is 0 Å². The van der Waals surface area contributed by atoms with Crippen LogP contribution in [0.25, 0.3) is 0 Å². The number of allylic oxidation sites excluding steroid dienone is 4. The van der Waals surface area contributed by atoms with Gasteiger partial charge < -0.3 is 4.74 Å². The van der Waals surface area contributed by atoms with E-state index >= 15 is 0 Å². The molecule has 0 amide bonds. The van der Waals surface area contributed by atoms with Gasteiger partial charge in [-0.15, -0.1) is 6.58 Å². The SMILES string of the molecule is C=CC(/C=C(F)\C=C1\CCC(C(C)C)OC1C)c1ccccc1Cl. The van der Waals surface area contributed by atoms with E-state index in [0.717, 1.165) is 24.0 Å². The second-order valence-corrected chi connectivity index (χ2v) is 7.06. The number of hydrogen-bond donors (Lipinski definition) is 0. The summed E-state index contributed by atoms with van der Waals surface area (Å²) in [6.45, 7) is 10.1. The van der Waals surface area contributed by atoms with E-state index in [1.54, 1.807) is 24.3 Å². The van der Waals surface area contributed by atoms with Crippen LogP contribution >= 0.6 is 11.6 Å². The van der Waals surface area contributed by atoms with E-state index in [4.69, 9.17) is 16.3 Å². The molecule has 0 aliphatic carbocycles. The second-order valence-electron chi connectivity index (χ2n) is 6.65. The van der Waals surface area contributed by atoms with E-state index in [0.29, 0.717) is 10.9 Å². The maximum atomic E-state index is 14.5. The van der Waals surface area contributed by atoms with Crippen LogP contribution < -0.4 is 0 Å². The van der Waals surface area contributed by atoms with Crippen molar-refractivity contribution < 1.29 is 9.13 Å². The van der Waals surface area contributed by atoms with Gasteiger partial charge in [0.15, 0.2) is 0 Å². The van der Waals surface area contributed by atoms with Crippen LogP contribution in [0.15, 0.2) is 60.5 Å². The van der Waals surface area contributed by atoms with Crippen molar-refractivity contribution in [3.63, 3.8) is 0 Å². The molecule has 0 radical (unpaired) electrons. The highest BCUT2D eigenvalue weighted by Crippen LogP contribution is 2.31. The van der Waals surface area contributed by atoms with Gasteiger partial charge in [-0.25, -0.2) is 4.39 Å². The fourth-order valence-electron chi connectivity index (χ4n) is 3.04. The predicted octanol–water partition coefficient (Wildman–Crippen LogP) is 6.61. The van der Waals surface area contributed by atoms with Crippen molar-refractivity contribution in [2.24, 2.45) is 5.92 Å². The lowest BCUT2D eigenvalue weighted by molar-refractivity contribution is -0.0346. The summed E-state index contributed by atoms with van der Waals surface area (Å²) in [5.41, 5.74) is 1.86. The summed E-state index contributed by atoms with van der Waals surface area (Å²) in [6, 6.07) is 7.46. The summed E-state index contributed by atoms with van der Waals surface area (Å²) in [4.78, 5) is 0. The molecule has 1 aromatic rings. The monoisotopic (exact) mass is 348 g/mol. The molecule has 1 fully saturated rings. The van der Waals surface area contributed by atoms with E-state index < -0.39 is 0 Å². The lowest BCUT2D eigenvalue weighted by Gasteiger charge is -2.32. The van der Waals surface area contributed by atoms with Crippen LogP contribution in [0.1, 0.15) is 45.1 Å². The first-order chi connectivity index (χ1) is 11.4. The van der Waals surface area contributed by atoms with Crippen molar-refractivity contribution in [3.05, 3.63) is 71.1 Å². The normalized spacial score (nSPS) is 25.1. The summed E-state index contributed by atoms with van der Waals surface area (Å²) in [5, 5.41) is 0.619. The second kappa shape index (κ2) is 8.64. The minimum absolute atomic E-state index is 0.0483. The molecule has 3 atom stereocenters. The summed E-state index contributed by atoms with van der Waals surface area (Å²) in [7, 11) is 0. The smallest absolute Gasteiger partial charge is 0.120 e. The molecule has 1 saturated heterocycles. The van der Waals surface area contributed by atoms with Crippen LogP contribution in [0.2, 0.25) is 5.02 Å². The molecule has 1 nitrogen and oxygen atoms in total.